The lowest BCUT2D eigenvalue weighted by Crippen LogP contribution is -2.25. The Kier molecular flexibility index (Phi) is 5.26. The molecular weight excluding hydrogens is 328 g/mol. The van der Waals surface area contributed by atoms with Gasteiger partial charge in [-0.25, -0.2) is 0 Å². The van der Waals surface area contributed by atoms with Gasteiger partial charge in [0.1, 0.15) is 5.75 Å². The van der Waals surface area contributed by atoms with Gasteiger partial charge in [-0.15, -0.1) is 0 Å². The lowest BCUT2D eigenvalue weighted by molar-refractivity contribution is -0.117. The van der Waals surface area contributed by atoms with Gasteiger partial charge in [0, 0.05) is 25.2 Å². The van der Waals surface area contributed by atoms with E-state index in [1.807, 2.05) is 44.2 Å². The summed E-state index contributed by atoms with van der Waals surface area (Å²) in [5, 5.41) is 12.8. The molecular formula is C21H24N2O3. The van der Waals surface area contributed by atoms with Crippen LogP contribution in [0.4, 0.5) is 5.69 Å². The van der Waals surface area contributed by atoms with Gasteiger partial charge < -0.3 is 15.3 Å². The minimum absolute atomic E-state index is 0.0247. The van der Waals surface area contributed by atoms with Crippen LogP contribution in [-0.4, -0.2) is 23.5 Å². The molecule has 0 aliphatic carbocycles. The quantitative estimate of drug-likeness (QED) is 0.864. The third-order valence-electron chi connectivity index (χ3n) is 4.68. The zero-order valence-corrected chi connectivity index (χ0v) is 15.2. The molecule has 2 aromatic rings. The lowest BCUT2D eigenvalue weighted by atomic mass is 10.00. The lowest BCUT2D eigenvalue weighted by Gasteiger charge is -2.17. The van der Waals surface area contributed by atoms with Crippen molar-refractivity contribution in [3.05, 3.63) is 59.2 Å². The molecule has 136 valence electrons. The number of carbonyl (C=O) groups is 2. The summed E-state index contributed by atoms with van der Waals surface area (Å²) >= 11 is 0. The van der Waals surface area contributed by atoms with E-state index in [0.29, 0.717) is 13.0 Å². The summed E-state index contributed by atoms with van der Waals surface area (Å²) in [5.74, 6) is 0.0782. The van der Waals surface area contributed by atoms with Crippen LogP contribution in [0, 0.1) is 0 Å². The molecule has 2 N–H and O–H groups in total. The normalized spacial score (nSPS) is 14.1. The Morgan fingerprint density at radius 1 is 1.23 bits per heavy atom. The molecule has 3 rings (SSSR count). The first-order valence-electron chi connectivity index (χ1n) is 8.96. The van der Waals surface area contributed by atoms with Crippen molar-refractivity contribution in [3.8, 4) is 5.75 Å². The van der Waals surface area contributed by atoms with E-state index >= 15 is 0 Å². The molecule has 0 spiro atoms. The van der Waals surface area contributed by atoms with Gasteiger partial charge in [-0.2, -0.15) is 0 Å². The molecule has 1 aliphatic rings. The topological polar surface area (TPSA) is 69.6 Å². The van der Waals surface area contributed by atoms with Crippen LogP contribution in [-0.2, 0) is 11.3 Å². The first-order chi connectivity index (χ1) is 12.5. The average molecular weight is 352 g/mol. The van der Waals surface area contributed by atoms with Gasteiger partial charge in [0.05, 0.1) is 5.56 Å². The molecule has 5 nitrogen and oxygen atoms in total. The van der Waals surface area contributed by atoms with Crippen LogP contribution in [0.25, 0.3) is 0 Å². The standard InChI is InChI=1S/C21H24N2O3/c1-14(2)16-8-9-19(24)18(12-16)21(26)22-13-15-5-3-6-17(11-15)23-10-4-7-20(23)25/h3,5-6,8-9,11-12,14,24H,4,7,10,13H2,1-2H3,(H,22,26). The maximum Gasteiger partial charge on any atom is 0.255 e. The number of phenols is 1. The van der Waals surface area contributed by atoms with Gasteiger partial charge >= 0.3 is 0 Å². The third kappa shape index (κ3) is 3.87. The summed E-state index contributed by atoms with van der Waals surface area (Å²) in [4.78, 5) is 26.1. The highest BCUT2D eigenvalue weighted by molar-refractivity contribution is 5.97. The largest absolute Gasteiger partial charge is 0.507 e. The number of hydrogen-bond acceptors (Lipinski definition) is 3. The predicted octanol–water partition coefficient (Wildman–Crippen LogP) is 3.57. The number of hydrogen-bond donors (Lipinski definition) is 2. The van der Waals surface area contributed by atoms with Crippen LogP contribution in [0.1, 0.15) is 54.1 Å². The van der Waals surface area contributed by atoms with Gasteiger partial charge in [-0.1, -0.05) is 32.0 Å². The molecule has 2 aromatic carbocycles. The number of amides is 2. The fraction of sp³-hybridized carbons (Fsp3) is 0.333. The third-order valence-corrected chi connectivity index (χ3v) is 4.68. The van der Waals surface area contributed by atoms with Crippen molar-refractivity contribution < 1.29 is 14.7 Å². The van der Waals surface area contributed by atoms with Gasteiger partial charge in [0.15, 0.2) is 0 Å². The number of aromatic hydroxyl groups is 1. The number of phenolic OH excluding ortho intramolecular Hbond substituents is 1. The van der Waals surface area contributed by atoms with Gasteiger partial charge in [0.2, 0.25) is 5.91 Å². The van der Waals surface area contributed by atoms with Crippen molar-refractivity contribution >= 4 is 17.5 Å². The van der Waals surface area contributed by atoms with Crippen molar-refractivity contribution in [2.75, 3.05) is 11.4 Å². The molecule has 0 aromatic heterocycles. The van der Waals surface area contributed by atoms with Gasteiger partial charge in [0.25, 0.3) is 5.91 Å². The minimum atomic E-state index is -0.312. The second-order valence-corrected chi connectivity index (χ2v) is 6.93. The second-order valence-electron chi connectivity index (χ2n) is 6.93. The van der Waals surface area contributed by atoms with Crippen LogP contribution in [0.2, 0.25) is 0 Å². The highest BCUT2D eigenvalue weighted by Gasteiger charge is 2.21. The Morgan fingerprint density at radius 2 is 2.04 bits per heavy atom. The molecule has 0 saturated carbocycles. The summed E-state index contributed by atoms with van der Waals surface area (Å²) in [7, 11) is 0. The zero-order valence-electron chi connectivity index (χ0n) is 15.2. The maximum atomic E-state index is 12.5. The molecule has 0 unspecified atom stereocenters. The molecule has 2 amide bonds. The van der Waals surface area contributed by atoms with E-state index in [2.05, 4.69) is 5.32 Å². The first-order valence-corrected chi connectivity index (χ1v) is 8.96. The summed E-state index contributed by atoms with van der Waals surface area (Å²) in [6.07, 6.45) is 1.47. The maximum absolute atomic E-state index is 12.5. The van der Waals surface area contributed by atoms with Crippen LogP contribution < -0.4 is 10.2 Å². The Balaban J connectivity index is 1.70. The second kappa shape index (κ2) is 7.60. The van der Waals surface area contributed by atoms with Gasteiger partial charge in [-0.05, 0) is 47.7 Å². The number of rotatable bonds is 5. The molecule has 0 atom stereocenters. The molecule has 1 saturated heterocycles. The van der Waals surface area contributed by atoms with Crippen molar-refractivity contribution in [2.45, 2.75) is 39.2 Å². The van der Waals surface area contributed by atoms with Crippen molar-refractivity contribution in [3.63, 3.8) is 0 Å². The van der Waals surface area contributed by atoms with E-state index in [1.54, 1.807) is 17.0 Å². The molecule has 0 bridgehead atoms. The molecule has 0 radical (unpaired) electrons. The summed E-state index contributed by atoms with van der Waals surface area (Å²) in [5.41, 5.74) is 3.06. The van der Waals surface area contributed by atoms with Crippen molar-refractivity contribution in [2.24, 2.45) is 0 Å². The van der Waals surface area contributed by atoms with Crippen molar-refractivity contribution in [1.29, 1.82) is 0 Å². The number of nitrogens with one attached hydrogen (secondary N) is 1. The SMILES string of the molecule is CC(C)c1ccc(O)c(C(=O)NCc2cccc(N3CCCC3=O)c2)c1. The Bertz CT molecular complexity index is 830. The monoisotopic (exact) mass is 352 g/mol. The highest BCUT2D eigenvalue weighted by atomic mass is 16.3. The first kappa shape index (κ1) is 18.0. The van der Waals surface area contributed by atoms with Gasteiger partial charge in [-0.3, -0.25) is 9.59 Å². The smallest absolute Gasteiger partial charge is 0.255 e. The molecule has 1 aliphatic heterocycles. The predicted molar refractivity (Wildman–Crippen MR) is 101 cm³/mol. The van der Waals surface area contributed by atoms with Crippen LogP contribution in [0.5, 0.6) is 5.75 Å². The summed E-state index contributed by atoms with van der Waals surface area (Å²) in [6.45, 7) is 5.16. The van der Waals surface area contributed by atoms with E-state index in [-0.39, 0.29) is 29.0 Å². The number of anilines is 1. The highest BCUT2D eigenvalue weighted by Crippen LogP contribution is 2.24. The van der Waals surface area contributed by atoms with Crippen LogP contribution >= 0.6 is 0 Å². The number of nitrogens with zero attached hydrogens (tertiary/aromatic N) is 1. The van der Waals surface area contributed by atoms with Crippen molar-refractivity contribution in [1.82, 2.24) is 5.32 Å². The molecule has 5 heteroatoms. The minimum Gasteiger partial charge on any atom is -0.507 e. The molecule has 1 heterocycles. The Labute approximate surface area is 153 Å². The van der Waals surface area contributed by atoms with E-state index < -0.39 is 0 Å². The molecule has 26 heavy (non-hydrogen) atoms. The molecule has 1 fully saturated rings. The Hall–Kier alpha value is -2.82. The number of carbonyl (C=O) groups excluding carboxylic acids is 2. The Morgan fingerprint density at radius 3 is 2.73 bits per heavy atom. The summed E-state index contributed by atoms with van der Waals surface area (Å²) in [6, 6.07) is 12.8. The van der Waals surface area contributed by atoms with E-state index in [0.717, 1.165) is 29.8 Å². The summed E-state index contributed by atoms with van der Waals surface area (Å²) < 4.78 is 0. The van der Waals surface area contributed by atoms with E-state index in [4.69, 9.17) is 0 Å². The fourth-order valence-electron chi connectivity index (χ4n) is 3.13. The fourth-order valence-corrected chi connectivity index (χ4v) is 3.13. The zero-order chi connectivity index (χ0) is 18.7. The van der Waals surface area contributed by atoms with Crippen LogP contribution in [0.15, 0.2) is 42.5 Å². The van der Waals surface area contributed by atoms with Crippen LogP contribution in [0.3, 0.4) is 0 Å². The average Bonchev–Trinajstić information content (AvgIpc) is 3.06. The van der Waals surface area contributed by atoms with E-state index in [9.17, 15) is 14.7 Å². The number of benzene rings is 2. The van der Waals surface area contributed by atoms with E-state index in [1.165, 1.54) is 0 Å².